The van der Waals surface area contributed by atoms with Crippen LogP contribution < -0.4 is 19.7 Å². The Morgan fingerprint density at radius 1 is 1.12 bits per heavy atom. The number of ether oxygens (including phenoxy) is 2. The highest BCUT2D eigenvalue weighted by Crippen LogP contribution is 2.32. The van der Waals surface area contributed by atoms with Crippen LogP contribution in [0.15, 0.2) is 30.5 Å². The van der Waals surface area contributed by atoms with Gasteiger partial charge in [-0.3, -0.25) is 4.79 Å². The van der Waals surface area contributed by atoms with Crippen LogP contribution >= 0.6 is 0 Å². The van der Waals surface area contributed by atoms with E-state index in [-0.39, 0.29) is 12.7 Å². The van der Waals surface area contributed by atoms with Crippen LogP contribution in [0.25, 0.3) is 0 Å². The van der Waals surface area contributed by atoms with E-state index in [0.717, 1.165) is 24.7 Å². The summed E-state index contributed by atoms with van der Waals surface area (Å²) in [5.41, 5.74) is 1.33. The average molecular weight is 340 g/mol. The fourth-order valence-electron chi connectivity index (χ4n) is 3.04. The summed E-state index contributed by atoms with van der Waals surface area (Å²) in [4.78, 5) is 23.5. The first-order chi connectivity index (χ1) is 12.3. The number of hydrogen-bond acceptors (Lipinski definition) is 6. The molecule has 0 atom stereocenters. The monoisotopic (exact) mass is 340 g/mol. The fraction of sp³-hybridized carbons (Fsp3) is 0.389. The Bertz CT molecular complexity index is 775. The predicted molar refractivity (Wildman–Crippen MR) is 91.8 cm³/mol. The Kier molecular flexibility index (Phi) is 4.37. The molecule has 1 aromatic carbocycles. The van der Waals surface area contributed by atoms with E-state index < -0.39 is 0 Å². The van der Waals surface area contributed by atoms with Gasteiger partial charge in [0.15, 0.2) is 11.5 Å². The van der Waals surface area contributed by atoms with Crippen LogP contribution in [0.4, 0.5) is 5.95 Å². The molecule has 0 spiro atoms. The van der Waals surface area contributed by atoms with Gasteiger partial charge in [0.1, 0.15) is 0 Å². The number of aromatic nitrogens is 2. The van der Waals surface area contributed by atoms with Crippen LogP contribution in [-0.2, 0) is 6.54 Å². The van der Waals surface area contributed by atoms with Gasteiger partial charge in [-0.2, -0.15) is 0 Å². The zero-order valence-corrected chi connectivity index (χ0v) is 13.9. The van der Waals surface area contributed by atoms with Gasteiger partial charge in [0, 0.05) is 24.8 Å². The number of carbonyl (C=O) groups excluding carboxylic acids is 1. The quantitative estimate of drug-likeness (QED) is 0.919. The number of carbonyl (C=O) groups is 1. The number of nitrogens with zero attached hydrogens (tertiary/aromatic N) is 3. The molecule has 2 aliphatic heterocycles. The first-order valence-electron chi connectivity index (χ1n) is 8.54. The first kappa shape index (κ1) is 15.7. The Morgan fingerprint density at radius 2 is 1.96 bits per heavy atom. The SMILES string of the molecule is O=C(NCc1ccnc(N2CCCCC2)n1)c1ccc2c(c1)OCO2. The third-order valence-electron chi connectivity index (χ3n) is 4.40. The van der Waals surface area contributed by atoms with Crippen molar-refractivity contribution in [2.24, 2.45) is 0 Å². The molecule has 4 rings (SSSR count). The lowest BCUT2D eigenvalue weighted by Gasteiger charge is -2.26. The molecule has 1 N–H and O–H groups in total. The second-order valence-corrected chi connectivity index (χ2v) is 6.15. The highest BCUT2D eigenvalue weighted by Gasteiger charge is 2.17. The van der Waals surface area contributed by atoms with Crippen molar-refractivity contribution in [2.45, 2.75) is 25.8 Å². The maximum absolute atomic E-state index is 12.3. The normalized spacial score (nSPS) is 15.9. The van der Waals surface area contributed by atoms with Gasteiger partial charge in [-0.25, -0.2) is 9.97 Å². The highest BCUT2D eigenvalue weighted by atomic mass is 16.7. The maximum Gasteiger partial charge on any atom is 0.251 e. The molecule has 130 valence electrons. The van der Waals surface area contributed by atoms with E-state index in [2.05, 4.69) is 20.2 Å². The maximum atomic E-state index is 12.3. The Labute approximate surface area is 146 Å². The lowest BCUT2D eigenvalue weighted by molar-refractivity contribution is 0.0950. The van der Waals surface area contributed by atoms with E-state index in [1.165, 1.54) is 19.3 Å². The zero-order valence-electron chi connectivity index (χ0n) is 13.9. The van der Waals surface area contributed by atoms with Gasteiger partial charge in [0.25, 0.3) is 5.91 Å². The minimum Gasteiger partial charge on any atom is -0.454 e. The molecule has 0 aliphatic carbocycles. The van der Waals surface area contributed by atoms with Crippen LogP contribution in [-0.4, -0.2) is 35.8 Å². The van der Waals surface area contributed by atoms with Gasteiger partial charge >= 0.3 is 0 Å². The van der Waals surface area contributed by atoms with Crippen molar-refractivity contribution < 1.29 is 14.3 Å². The number of rotatable bonds is 4. The van der Waals surface area contributed by atoms with Crippen LogP contribution in [0.3, 0.4) is 0 Å². The summed E-state index contributed by atoms with van der Waals surface area (Å²) in [6.07, 6.45) is 5.36. The largest absolute Gasteiger partial charge is 0.454 e. The molecule has 0 bridgehead atoms. The first-order valence-corrected chi connectivity index (χ1v) is 8.54. The number of hydrogen-bond donors (Lipinski definition) is 1. The Balaban J connectivity index is 1.40. The Morgan fingerprint density at radius 3 is 2.84 bits per heavy atom. The van der Waals surface area contributed by atoms with Gasteiger partial charge in [-0.1, -0.05) is 0 Å². The number of benzene rings is 1. The number of fused-ring (bicyclic) bond motifs is 1. The second kappa shape index (κ2) is 6.96. The molecular weight excluding hydrogens is 320 g/mol. The standard InChI is InChI=1S/C18H20N4O3/c23-17(13-4-5-15-16(10-13)25-12-24-15)20-11-14-6-7-19-18(21-14)22-8-2-1-3-9-22/h4-7,10H,1-3,8-9,11-12H2,(H,20,23). The molecule has 7 nitrogen and oxygen atoms in total. The molecule has 7 heteroatoms. The lowest BCUT2D eigenvalue weighted by Crippen LogP contribution is -2.31. The summed E-state index contributed by atoms with van der Waals surface area (Å²) in [7, 11) is 0. The van der Waals surface area contributed by atoms with Crippen LogP contribution in [0.2, 0.25) is 0 Å². The predicted octanol–water partition coefficient (Wildman–Crippen LogP) is 2.13. The van der Waals surface area contributed by atoms with Crippen molar-refractivity contribution in [2.75, 3.05) is 24.8 Å². The minimum atomic E-state index is -0.170. The number of piperidine rings is 1. The van der Waals surface area contributed by atoms with Gasteiger partial charge in [-0.15, -0.1) is 0 Å². The molecule has 2 aliphatic rings. The topological polar surface area (TPSA) is 76.6 Å². The second-order valence-electron chi connectivity index (χ2n) is 6.15. The molecule has 0 unspecified atom stereocenters. The van der Waals surface area contributed by atoms with Crippen molar-refractivity contribution in [1.82, 2.24) is 15.3 Å². The van der Waals surface area contributed by atoms with E-state index >= 15 is 0 Å². The molecule has 1 amide bonds. The summed E-state index contributed by atoms with van der Waals surface area (Å²) in [6, 6.07) is 6.99. The van der Waals surface area contributed by atoms with E-state index in [1.54, 1.807) is 24.4 Å². The van der Waals surface area contributed by atoms with E-state index in [0.29, 0.717) is 23.6 Å². The molecule has 25 heavy (non-hydrogen) atoms. The molecular formula is C18H20N4O3. The summed E-state index contributed by atoms with van der Waals surface area (Å²) >= 11 is 0. The van der Waals surface area contributed by atoms with Crippen LogP contribution in [0, 0.1) is 0 Å². The van der Waals surface area contributed by atoms with Crippen molar-refractivity contribution in [1.29, 1.82) is 0 Å². The van der Waals surface area contributed by atoms with Crippen LogP contribution in [0.1, 0.15) is 35.3 Å². The summed E-state index contributed by atoms with van der Waals surface area (Å²) in [6.45, 7) is 2.54. The smallest absolute Gasteiger partial charge is 0.251 e. The molecule has 0 radical (unpaired) electrons. The molecule has 1 aromatic heterocycles. The van der Waals surface area contributed by atoms with Gasteiger partial charge in [0.2, 0.25) is 12.7 Å². The Hall–Kier alpha value is -2.83. The third kappa shape index (κ3) is 3.50. The van der Waals surface area contributed by atoms with Crippen molar-refractivity contribution in [3.05, 3.63) is 41.7 Å². The van der Waals surface area contributed by atoms with E-state index in [1.807, 2.05) is 6.07 Å². The lowest BCUT2D eigenvalue weighted by atomic mass is 10.1. The summed E-state index contributed by atoms with van der Waals surface area (Å²) in [5, 5.41) is 2.89. The molecule has 2 aromatic rings. The summed E-state index contributed by atoms with van der Waals surface area (Å²) < 4.78 is 10.6. The van der Waals surface area contributed by atoms with Crippen molar-refractivity contribution >= 4 is 11.9 Å². The van der Waals surface area contributed by atoms with Gasteiger partial charge < -0.3 is 19.7 Å². The zero-order chi connectivity index (χ0) is 17.1. The van der Waals surface area contributed by atoms with Crippen molar-refractivity contribution in [3.8, 4) is 11.5 Å². The molecule has 1 saturated heterocycles. The molecule has 1 fully saturated rings. The third-order valence-corrected chi connectivity index (χ3v) is 4.40. The number of amides is 1. The fourth-order valence-corrected chi connectivity index (χ4v) is 3.04. The number of nitrogens with one attached hydrogen (secondary N) is 1. The summed E-state index contributed by atoms with van der Waals surface area (Å²) in [5.74, 6) is 1.84. The minimum absolute atomic E-state index is 0.170. The highest BCUT2D eigenvalue weighted by molar-refractivity contribution is 5.94. The van der Waals surface area contributed by atoms with Gasteiger partial charge in [0.05, 0.1) is 12.2 Å². The molecule has 0 saturated carbocycles. The van der Waals surface area contributed by atoms with E-state index in [4.69, 9.17) is 9.47 Å². The van der Waals surface area contributed by atoms with E-state index in [9.17, 15) is 4.79 Å². The number of anilines is 1. The van der Waals surface area contributed by atoms with Crippen LogP contribution in [0.5, 0.6) is 11.5 Å². The van der Waals surface area contributed by atoms with Crippen molar-refractivity contribution in [3.63, 3.8) is 0 Å². The van der Waals surface area contributed by atoms with Gasteiger partial charge in [-0.05, 0) is 43.5 Å². The average Bonchev–Trinajstić information content (AvgIpc) is 3.15. The molecule has 3 heterocycles.